The second-order valence-electron chi connectivity index (χ2n) is 4.97. The van der Waals surface area contributed by atoms with Crippen LogP contribution in [-0.4, -0.2) is 34.2 Å². The number of carbonyl (C=O) groups is 2. The number of thioether (sulfide) groups is 1. The van der Waals surface area contributed by atoms with E-state index >= 15 is 0 Å². The van der Waals surface area contributed by atoms with Gasteiger partial charge in [-0.25, -0.2) is 4.98 Å². The Morgan fingerprint density at radius 3 is 2.71 bits per heavy atom. The highest BCUT2D eigenvalue weighted by Crippen LogP contribution is 2.28. The fraction of sp³-hybridized carbons (Fsp3) is 0.312. The van der Waals surface area contributed by atoms with Crippen LogP contribution in [0.4, 0.5) is 11.4 Å². The Morgan fingerprint density at radius 2 is 2.08 bits per heavy atom. The molecule has 0 aliphatic rings. The first-order chi connectivity index (χ1) is 11.5. The number of hydrogen-bond acceptors (Lipinski definition) is 5. The molecule has 0 radical (unpaired) electrons. The molecule has 0 saturated carbocycles. The number of aryl methyl sites for hydroxylation is 1. The summed E-state index contributed by atoms with van der Waals surface area (Å²) in [5.74, 6) is 0.508. The van der Waals surface area contributed by atoms with Crippen LogP contribution >= 0.6 is 11.8 Å². The summed E-state index contributed by atoms with van der Waals surface area (Å²) in [6.07, 6.45) is 3.87. The van der Waals surface area contributed by atoms with Crippen LogP contribution in [0.2, 0.25) is 0 Å². The summed E-state index contributed by atoms with van der Waals surface area (Å²) < 4.78 is 7.07. The van der Waals surface area contributed by atoms with Crippen LogP contribution in [0.3, 0.4) is 0 Å². The van der Waals surface area contributed by atoms with E-state index in [1.165, 1.54) is 18.9 Å². The monoisotopic (exact) mass is 348 g/mol. The second kappa shape index (κ2) is 8.39. The van der Waals surface area contributed by atoms with Gasteiger partial charge in [0.15, 0.2) is 5.16 Å². The Kier molecular flexibility index (Phi) is 6.25. The number of amides is 2. The molecule has 1 aromatic heterocycles. The molecule has 2 rings (SSSR count). The van der Waals surface area contributed by atoms with E-state index in [0.29, 0.717) is 23.5 Å². The molecule has 24 heavy (non-hydrogen) atoms. The zero-order valence-electron chi connectivity index (χ0n) is 13.8. The van der Waals surface area contributed by atoms with E-state index in [9.17, 15) is 9.59 Å². The van der Waals surface area contributed by atoms with Gasteiger partial charge in [-0.2, -0.15) is 0 Å². The number of nitrogens with zero attached hydrogens (tertiary/aromatic N) is 2. The minimum atomic E-state index is -0.152. The smallest absolute Gasteiger partial charge is 0.234 e. The molecule has 0 aliphatic carbocycles. The van der Waals surface area contributed by atoms with Crippen molar-refractivity contribution >= 4 is 35.0 Å². The predicted octanol–water partition coefficient (Wildman–Crippen LogP) is 2.51. The Hall–Kier alpha value is -2.48. The molecule has 0 aliphatic heterocycles. The molecular formula is C16H20N4O3S. The maximum Gasteiger partial charge on any atom is 0.234 e. The van der Waals surface area contributed by atoms with E-state index in [0.717, 1.165) is 5.16 Å². The van der Waals surface area contributed by atoms with E-state index in [4.69, 9.17) is 4.74 Å². The molecule has 0 unspecified atom stereocenters. The van der Waals surface area contributed by atoms with Crippen molar-refractivity contribution in [2.45, 2.75) is 18.5 Å². The van der Waals surface area contributed by atoms with Crippen molar-refractivity contribution in [2.24, 2.45) is 7.05 Å². The lowest BCUT2D eigenvalue weighted by molar-refractivity contribution is -0.116. The lowest BCUT2D eigenvalue weighted by Gasteiger charge is -2.12. The van der Waals surface area contributed by atoms with E-state index < -0.39 is 0 Å². The molecule has 0 fully saturated rings. The third-order valence-electron chi connectivity index (χ3n) is 3.19. The normalized spacial score (nSPS) is 10.3. The van der Waals surface area contributed by atoms with Crippen molar-refractivity contribution in [1.82, 2.24) is 9.55 Å². The topological polar surface area (TPSA) is 85.3 Å². The lowest BCUT2D eigenvalue weighted by Crippen LogP contribution is -2.15. The van der Waals surface area contributed by atoms with Gasteiger partial charge < -0.3 is 19.9 Å². The highest BCUT2D eigenvalue weighted by molar-refractivity contribution is 7.99. The van der Waals surface area contributed by atoms with Crippen molar-refractivity contribution in [1.29, 1.82) is 0 Å². The molecule has 0 bridgehead atoms. The van der Waals surface area contributed by atoms with Crippen LogP contribution in [0.1, 0.15) is 13.3 Å². The molecular weight excluding hydrogens is 328 g/mol. The minimum Gasteiger partial charge on any atom is -0.495 e. The molecule has 2 N–H and O–H groups in total. The number of imidazole rings is 1. The average molecular weight is 348 g/mol. The summed E-state index contributed by atoms with van der Waals surface area (Å²) in [6, 6.07) is 5.10. The molecule has 0 atom stereocenters. The highest BCUT2D eigenvalue weighted by Gasteiger charge is 2.10. The number of rotatable bonds is 7. The van der Waals surface area contributed by atoms with Gasteiger partial charge >= 0.3 is 0 Å². The average Bonchev–Trinajstić information content (AvgIpc) is 2.98. The van der Waals surface area contributed by atoms with Crippen LogP contribution in [0.15, 0.2) is 35.7 Å². The molecule has 7 nitrogen and oxygen atoms in total. The molecule has 128 valence electrons. The summed E-state index contributed by atoms with van der Waals surface area (Å²) in [6.45, 7) is 1.77. The Balaban J connectivity index is 2.00. The molecule has 1 aromatic carbocycles. The quantitative estimate of drug-likeness (QED) is 0.751. The number of nitrogens with one attached hydrogen (secondary N) is 2. The van der Waals surface area contributed by atoms with E-state index in [2.05, 4.69) is 15.6 Å². The summed E-state index contributed by atoms with van der Waals surface area (Å²) in [5.41, 5.74) is 1.12. The third kappa shape index (κ3) is 4.76. The summed E-state index contributed by atoms with van der Waals surface area (Å²) in [4.78, 5) is 27.8. The van der Waals surface area contributed by atoms with Crippen molar-refractivity contribution in [3.8, 4) is 5.75 Å². The largest absolute Gasteiger partial charge is 0.495 e. The molecule has 2 aromatic rings. The maximum absolute atomic E-state index is 12.1. The predicted molar refractivity (Wildman–Crippen MR) is 94.5 cm³/mol. The fourth-order valence-electron chi connectivity index (χ4n) is 1.94. The van der Waals surface area contributed by atoms with Crippen molar-refractivity contribution in [3.05, 3.63) is 30.6 Å². The Morgan fingerprint density at radius 1 is 1.29 bits per heavy atom. The summed E-state index contributed by atoms with van der Waals surface area (Å²) >= 11 is 1.35. The van der Waals surface area contributed by atoms with E-state index in [1.807, 2.05) is 17.8 Å². The Labute approximate surface area is 144 Å². The Bertz CT molecular complexity index is 730. The number of aromatic nitrogens is 2. The standard InChI is InChI=1S/C16H20N4O3S/c1-4-14(21)19-12-9-11(5-6-13(12)23-3)18-15(22)10-24-16-17-7-8-20(16)2/h5-9H,4,10H2,1-3H3,(H,18,22)(H,19,21). The van der Waals surface area contributed by atoms with Gasteiger partial charge in [0.25, 0.3) is 0 Å². The molecule has 0 saturated heterocycles. The van der Waals surface area contributed by atoms with E-state index in [-0.39, 0.29) is 17.6 Å². The highest BCUT2D eigenvalue weighted by atomic mass is 32.2. The molecule has 8 heteroatoms. The lowest BCUT2D eigenvalue weighted by atomic mass is 10.2. The molecule has 2 amide bonds. The number of carbonyl (C=O) groups excluding carboxylic acids is 2. The van der Waals surface area contributed by atoms with Crippen LogP contribution < -0.4 is 15.4 Å². The first-order valence-electron chi connectivity index (χ1n) is 7.41. The van der Waals surface area contributed by atoms with Gasteiger partial charge in [0.1, 0.15) is 5.75 Å². The van der Waals surface area contributed by atoms with Gasteiger partial charge in [-0.05, 0) is 18.2 Å². The number of methoxy groups -OCH3 is 1. The summed E-state index contributed by atoms with van der Waals surface area (Å²) in [5, 5.41) is 6.33. The minimum absolute atomic E-state index is 0.123. The van der Waals surface area contributed by atoms with Gasteiger partial charge in [0.2, 0.25) is 11.8 Å². The van der Waals surface area contributed by atoms with Crippen LogP contribution in [0.25, 0.3) is 0 Å². The first kappa shape index (κ1) is 17.9. The maximum atomic E-state index is 12.1. The van der Waals surface area contributed by atoms with Crippen LogP contribution in [0.5, 0.6) is 5.75 Å². The SMILES string of the molecule is CCC(=O)Nc1cc(NC(=O)CSc2nccn2C)ccc1OC. The zero-order chi connectivity index (χ0) is 17.5. The van der Waals surface area contributed by atoms with Gasteiger partial charge in [-0.3, -0.25) is 9.59 Å². The zero-order valence-corrected chi connectivity index (χ0v) is 14.6. The number of benzene rings is 1. The molecule has 0 spiro atoms. The van der Waals surface area contributed by atoms with Gasteiger partial charge in [0, 0.05) is 31.5 Å². The van der Waals surface area contributed by atoms with Crippen molar-refractivity contribution in [3.63, 3.8) is 0 Å². The summed E-state index contributed by atoms with van der Waals surface area (Å²) in [7, 11) is 3.40. The van der Waals surface area contributed by atoms with Crippen LogP contribution in [-0.2, 0) is 16.6 Å². The van der Waals surface area contributed by atoms with Gasteiger partial charge in [-0.15, -0.1) is 0 Å². The number of anilines is 2. The van der Waals surface area contributed by atoms with Gasteiger partial charge in [-0.1, -0.05) is 18.7 Å². The van der Waals surface area contributed by atoms with Gasteiger partial charge in [0.05, 0.1) is 18.6 Å². The molecule has 1 heterocycles. The van der Waals surface area contributed by atoms with Crippen molar-refractivity contribution < 1.29 is 14.3 Å². The van der Waals surface area contributed by atoms with E-state index in [1.54, 1.807) is 31.3 Å². The fourth-order valence-corrected chi connectivity index (χ4v) is 2.67. The number of ether oxygens (including phenoxy) is 1. The second-order valence-corrected chi connectivity index (χ2v) is 5.92. The third-order valence-corrected chi connectivity index (χ3v) is 4.25. The first-order valence-corrected chi connectivity index (χ1v) is 8.40. The van der Waals surface area contributed by atoms with Crippen LogP contribution in [0, 0.1) is 0 Å². The number of hydrogen-bond donors (Lipinski definition) is 2. The van der Waals surface area contributed by atoms with Crippen molar-refractivity contribution in [2.75, 3.05) is 23.5 Å².